The average Bonchev–Trinajstić information content (AvgIpc) is 1.69. The lowest BCUT2D eigenvalue weighted by Gasteiger charge is -1.72. The van der Waals surface area contributed by atoms with Crippen LogP contribution in [0.5, 0.6) is 0 Å². The largest absolute Gasteiger partial charge is 0.348 e. The van der Waals surface area contributed by atoms with Crippen molar-refractivity contribution in [1.29, 1.82) is 0 Å². The van der Waals surface area contributed by atoms with E-state index in [1.54, 1.807) is 0 Å². The van der Waals surface area contributed by atoms with Crippen molar-refractivity contribution in [2.45, 2.75) is 0 Å². The van der Waals surface area contributed by atoms with E-state index in [2.05, 4.69) is 25.8 Å². The maximum absolute atomic E-state index is 11.5. The number of halogens is 1. The summed E-state index contributed by atoms with van der Waals surface area (Å²) >= 11 is 0. The second-order valence-corrected chi connectivity index (χ2v) is 0.737. The van der Waals surface area contributed by atoms with Gasteiger partial charge >= 0.3 is 6.08 Å². The summed E-state index contributed by atoms with van der Waals surface area (Å²) in [5.41, 5.74) is 0. The molecule has 0 saturated heterocycles. The van der Waals surface area contributed by atoms with Crippen molar-refractivity contribution >= 4 is 0 Å². The van der Waals surface area contributed by atoms with Gasteiger partial charge in [-0.3, -0.25) is 0 Å². The first-order valence-electron chi connectivity index (χ1n) is 1.44. The Morgan fingerprint density at radius 1 is 1.00 bits per heavy atom. The molecule has 0 spiro atoms. The van der Waals surface area contributed by atoms with Crippen LogP contribution in [0.1, 0.15) is 0 Å². The molecule has 1 aromatic heterocycles. The molecule has 1 aromatic rings. The fraction of sp³-hybridized carbons (Fsp3) is 0. The second-order valence-electron chi connectivity index (χ2n) is 0.737. The number of nitrogens with zero attached hydrogens (tertiary/aromatic N) is 5. The quantitative estimate of drug-likeness (QED) is 0.410. The molecule has 0 aliphatic heterocycles. The van der Waals surface area contributed by atoms with Crippen LogP contribution in [0.25, 0.3) is 0 Å². The van der Waals surface area contributed by atoms with E-state index in [9.17, 15) is 4.39 Å². The highest BCUT2D eigenvalue weighted by Crippen LogP contribution is 1.68. The fourth-order valence-electron chi connectivity index (χ4n) is 0.152. The molecule has 1 rings (SSSR count). The molecule has 0 N–H and O–H groups in total. The Balaban J connectivity index is 3.02. The summed E-state index contributed by atoms with van der Waals surface area (Å²) in [7, 11) is 0. The first-order valence-corrected chi connectivity index (χ1v) is 1.44. The summed E-state index contributed by atoms with van der Waals surface area (Å²) in [5.74, 6) is 0. The van der Waals surface area contributed by atoms with Crippen LogP contribution in [0.15, 0.2) is 0 Å². The molecule has 0 amide bonds. The molecule has 0 atom stereocenters. The Labute approximate surface area is 37.6 Å². The van der Waals surface area contributed by atoms with Crippen molar-refractivity contribution in [3.63, 3.8) is 0 Å². The molecule has 0 bridgehead atoms. The van der Waals surface area contributed by atoms with Crippen molar-refractivity contribution in [2.75, 3.05) is 0 Å². The highest BCUT2D eigenvalue weighted by Gasteiger charge is 1.85. The Morgan fingerprint density at radius 3 is 1.86 bits per heavy atom. The molecule has 6 heteroatoms. The highest BCUT2D eigenvalue weighted by molar-refractivity contribution is 4.35. The molecule has 7 heavy (non-hydrogen) atoms. The van der Waals surface area contributed by atoms with Gasteiger partial charge in [0.1, 0.15) is 0 Å². The third-order valence-electron chi connectivity index (χ3n) is 0.334. The van der Waals surface area contributed by atoms with Crippen LogP contribution >= 0.6 is 0 Å². The van der Waals surface area contributed by atoms with E-state index in [0.29, 0.717) is 0 Å². The molecule has 0 fully saturated rings. The standard InChI is InChI=1S/CFN5/c2-1-3-5-7-6-4-1. The van der Waals surface area contributed by atoms with Gasteiger partial charge in [-0.1, -0.05) is 10.2 Å². The van der Waals surface area contributed by atoms with Gasteiger partial charge in [0.05, 0.1) is 0 Å². The van der Waals surface area contributed by atoms with E-state index in [4.69, 9.17) is 0 Å². The Hall–Kier alpha value is -1.20. The van der Waals surface area contributed by atoms with Crippen LogP contribution in [0.3, 0.4) is 0 Å². The maximum atomic E-state index is 11.5. The van der Waals surface area contributed by atoms with Gasteiger partial charge in [-0.15, -0.1) is 0 Å². The van der Waals surface area contributed by atoms with Gasteiger partial charge in [0.2, 0.25) is 0 Å². The zero-order chi connectivity index (χ0) is 5.11. The summed E-state index contributed by atoms with van der Waals surface area (Å²) in [6, 6.07) is 0. The Bertz CT molecular complexity index is 138. The summed E-state index contributed by atoms with van der Waals surface area (Å²) < 4.78 is 11.5. The third kappa shape index (κ3) is 0.814. The van der Waals surface area contributed by atoms with Crippen LogP contribution in [0.2, 0.25) is 0 Å². The van der Waals surface area contributed by atoms with Gasteiger partial charge in [-0.2, -0.15) is 4.39 Å². The lowest BCUT2D eigenvalue weighted by Crippen LogP contribution is -1.97. The van der Waals surface area contributed by atoms with Crippen LogP contribution in [0, 0.1) is 6.08 Å². The number of aromatic nitrogens is 5. The van der Waals surface area contributed by atoms with Crippen LogP contribution < -0.4 is 0 Å². The molecule has 0 aliphatic carbocycles. The van der Waals surface area contributed by atoms with Crippen LogP contribution in [-0.2, 0) is 0 Å². The van der Waals surface area contributed by atoms with Crippen molar-refractivity contribution < 1.29 is 4.39 Å². The summed E-state index contributed by atoms with van der Waals surface area (Å²) in [6.45, 7) is 0. The molecule has 0 unspecified atom stereocenters. The van der Waals surface area contributed by atoms with Crippen molar-refractivity contribution in [1.82, 2.24) is 25.8 Å². The molecule has 36 valence electrons. The highest BCUT2D eigenvalue weighted by atomic mass is 19.1. The number of hydrogen-bond acceptors (Lipinski definition) is 5. The molecule has 5 nitrogen and oxygen atoms in total. The topological polar surface area (TPSA) is 64.5 Å². The second kappa shape index (κ2) is 1.50. The summed E-state index contributed by atoms with van der Waals surface area (Å²) in [6.07, 6.45) is -0.963. The smallest absolute Gasteiger partial charge is 0.158 e. The van der Waals surface area contributed by atoms with Gasteiger partial charge in [-0.25, -0.2) is 0 Å². The zero-order valence-electron chi connectivity index (χ0n) is 3.11. The monoisotopic (exact) mass is 101 g/mol. The molecular weight excluding hydrogens is 101 g/mol. The molecule has 0 saturated carbocycles. The Morgan fingerprint density at radius 2 is 1.57 bits per heavy atom. The van der Waals surface area contributed by atoms with E-state index in [1.807, 2.05) is 0 Å². The van der Waals surface area contributed by atoms with Crippen molar-refractivity contribution in [3.05, 3.63) is 6.08 Å². The van der Waals surface area contributed by atoms with E-state index in [-0.39, 0.29) is 0 Å². The molecule has 0 aromatic carbocycles. The average molecular weight is 101 g/mol. The summed E-state index contributed by atoms with van der Waals surface area (Å²) in [4.78, 5) is 0. The Kier molecular flexibility index (Phi) is 0.851. The van der Waals surface area contributed by atoms with Crippen molar-refractivity contribution in [2.24, 2.45) is 0 Å². The summed E-state index contributed by atoms with van der Waals surface area (Å²) in [5, 5.41) is 14.1. The van der Waals surface area contributed by atoms with Gasteiger partial charge < -0.3 is 0 Å². The predicted octanol–water partition coefficient (Wildman–Crippen LogP) is -1.20. The maximum Gasteiger partial charge on any atom is 0.348 e. The van der Waals surface area contributed by atoms with Gasteiger partial charge in [0, 0.05) is 0 Å². The number of hydrogen-bond donors (Lipinski definition) is 0. The fourth-order valence-corrected chi connectivity index (χ4v) is 0.152. The SMILES string of the molecule is Fc1nnnnn1. The zero-order valence-corrected chi connectivity index (χ0v) is 3.11. The molecule has 0 aliphatic rings. The predicted molar refractivity (Wildman–Crippen MR) is 15.4 cm³/mol. The minimum Gasteiger partial charge on any atom is -0.158 e. The first kappa shape index (κ1) is 3.97. The minimum atomic E-state index is -0.963. The van der Waals surface area contributed by atoms with Crippen LogP contribution in [0.4, 0.5) is 4.39 Å². The number of rotatable bonds is 0. The van der Waals surface area contributed by atoms with Gasteiger partial charge in [0.15, 0.2) is 0 Å². The molecular formula is CFN5. The molecule has 1 heterocycles. The van der Waals surface area contributed by atoms with Crippen LogP contribution in [-0.4, -0.2) is 25.8 Å². The molecule has 0 radical (unpaired) electrons. The third-order valence-corrected chi connectivity index (χ3v) is 0.334. The van der Waals surface area contributed by atoms with Crippen molar-refractivity contribution in [3.8, 4) is 0 Å². The van der Waals surface area contributed by atoms with E-state index < -0.39 is 6.08 Å². The van der Waals surface area contributed by atoms with E-state index in [0.717, 1.165) is 0 Å². The minimum absolute atomic E-state index is 0.963. The van der Waals surface area contributed by atoms with Gasteiger partial charge in [0.25, 0.3) is 0 Å². The first-order chi connectivity index (χ1) is 3.39. The van der Waals surface area contributed by atoms with E-state index in [1.165, 1.54) is 0 Å². The van der Waals surface area contributed by atoms with E-state index >= 15 is 0 Å². The van der Waals surface area contributed by atoms with Gasteiger partial charge in [-0.05, 0) is 15.6 Å². The lowest BCUT2D eigenvalue weighted by molar-refractivity contribution is 0.460. The lowest BCUT2D eigenvalue weighted by atomic mass is 11.3. The normalized spacial score (nSPS) is 8.71.